The molecule has 4 heteroatoms. The number of likely N-dealkylation sites (N-methyl/N-ethyl adjacent to an activating group) is 1. The number of benzene rings is 1. The monoisotopic (exact) mass is 248 g/mol. The van der Waals surface area contributed by atoms with E-state index in [9.17, 15) is 9.18 Å². The molecule has 1 aliphatic heterocycles. The van der Waals surface area contributed by atoms with Crippen LogP contribution in [0.2, 0.25) is 0 Å². The quantitative estimate of drug-likeness (QED) is 0.831. The zero-order valence-electron chi connectivity index (χ0n) is 10.7. The zero-order valence-corrected chi connectivity index (χ0v) is 10.7. The molecule has 1 amide bonds. The second-order valence-corrected chi connectivity index (χ2v) is 4.33. The smallest absolute Gasteiger partial charge is 0.254 e. The van der Waals surface area contributed by atoms with E-state index in [0.717, 1.165) is 24.2 Å². The lowest BCUT2D eigenvalue weighted by Gasteiger charge is -2.26. The number of carbonyl (C=O) groups excluding carboxylic acids is 1. The summed E-state index contributed by atoms with van der Waals surface area (Å²) in [5.74, 6) is -0.476. The van der Waals surface area contributed by atoms with E-state index in [1.165, 1.54) is 11.0 Å². The van der Waals surface area contributed by atoms with Crippen LogP contribution in [0, 0.1) is 5.82 Å². The van der Waals surface area contributed by atoms with Crippen molar-refractivity contribution in [3.8, 4) is 0 Å². The molecular formula is C14H17FN2O. The van der Waals surface area contributed by atoms with E-state index in [4.69, 9.17) is 0 Å². The van der Waals surface area contributed by atoms with Gasteiger partial charge in [-0.25, -0.2) is 4.39 Å². The van der Waals surface area contributed by atoms with Crippen molar-refractivity contribution < 1.29 is 9.18 Å². The van der Waals surface area contributed by atoms with Gasteiger partial charge >= 0.3 is 0 Å². The average Bonchev–Trinajstić information content (AvgIpc) is 2.30. The summed E-state index contributed by atoms with van der Waals surface area (Å²) < 4.78 is 13.7. The highest BCUT2D eigenvalue weighted by atomic mass is 19.1. The first kappa shape index (κ1) is 12.8. The molecule has 1 aromatic rings. The molecule has 0 bridgehead atoms. The third kappa shape index (κ3) is 2.29. The summed E-state index contributed by atoms with van der Waals surface area (Å²) in [7, 11) is 0. The van der Waals surface area contributed by atoms with E-state index in [1.54, 1.807) is 18.2 Å². The second-order valence-electron chi connectivity index (χ2n) is 4.33. The van der Waals surface area contributed by atoms with Crippen LogP contribution in [0.1, 0.15) is 13.8 Å². The highest BCUT2D eigenvalue weighted by Gasteiger charge is 2.22. The van der Waals surface area contributed by atoms with Gasteiger partial charge in [-0.05, 0) is 31.6 Å². The minimum atomic E-state index is -0.364. The van der Waals surface area contributed by atoms with Crippen molar-refractivity contribution >= 4 is 11.6 Å². The first-order valence-corrected chi connectivity index (χ1v) is 6.11. The maximum atomic E-state index is 13.7. The lowest BCUT2D eigenvalue weighted by Crippen LogP contribution is -2.39. The topological polar surface area (TPSA) is 32.3 Å². The van der Waals surface area contributed by atoms with Gasteiger partial charge in [0.1, 0.15) is 5.82 Å². The van der Waals surface area contributed by atoms with Gasteiger partial charge in [0.05, 0.1) is 5.69 Å². The fraction of sp³-hybridized carbons (Fsp3) is 0.357. The summed E-state index contributed by atoms with van der Waals surface area (Å²) in [5.41, 5.74) is 2.17. The van der Waals surface area contributed by atoms with Crippen molar-refractivity contribution in [2.24, 2.45) is 0 Å². The number of hydrogen-bond acceptors (Lipinski definition) is 2. The molecule has 1 aromatic carbocycles. The van der Waals surface area contributed by atoms with Gasteiger partial charge in [0.15, 0.2) is 0 Å². The molecule has 0 aliphatic carbocycles. The molecule has 0 aromatic heterocycles. The Kier molecular flexibility index (Phi) is 3.77. The van der Waals surface area contributed by atoms with Crippen molar-refractivity contribution in [3.05, 3.63) is 41.2 Å². The predicted molar refractivity (Wildman–Crippen MR) is 70.0 cm³/mol. The summed E-state index contributed by atoms with van der Waals surface area (Å²) >= 11 is 0. The lowest BCUT2D eigenvalue weighted by molar-refractivity contribution is -0.115. The fourth-order valence-corrected chi connectivity index (χ4v) is 1.96. The summed E-state index contributed by atoms with van der Waals surface area (Å²) in [5, 5.41) is 3.10. The normalized spacial score (nSPS) is 14.1. The van der Waals surface area contributed by atoms with Crippen molar-refractivity contribution in [2.45, 2.75) is 13.8 Å². The van der Waals surface area contributed by atoms with Crippen molar-refractivity contribution in [1.82, 2.24) is 5.32 Å². The maximum absolute atomic E-state index is 13.7. The minimum Gasteiger partial charge on any atom is -0.309 e. The molecule has 18 heavy (non-hydrogen) atoms. The third-order valence-corrected chi connectivity index (χ3v) is 3.23. The van der Waals surface area contributed by atoms with Crippen LogP contribution in [-0.4, -0.2) is 25.5 Å². The highest BCUT2D eigenvalue weighted by Crippen LogP contribution is 2.21. The molecule has 0 atom stereocenters. The molecule has 0 radical (unpaired) electrons. The first-order valence-electron chi connectivity index (χ1n) is 6.11. The Morgan fingerprint density at radius 3 is 2.56 bits per heavy atom. The van der Waals surface area contributed by atoms with Crippen LogP contribution in [0.25, 0.3) is 0 Å². The van der Waals surface area contributed by atoms with E-state index < -0.39 is 0 Å². The predicted octanol–water partition coefficient (Wildman–Crippen LogP) is 2.10. The number of nitrogens with one attached hydrogen (secondary N) is 1. The molecule has 0 unspecified atom stereocenters. The van der Waals surface area contributed by atoms with Gasteiger partial charge in [-0.15, -0.1) is 0 Å². The van der Waals surface area contributed by atoms with Gasteiger partial charge in [-0.1, -0.05) is 12.1 Å². The molecule has 1 N–H and O–H groups in total. The molecule has 1 saturated heterocycles. The Balaban J connectivity index is 2.29. The number of halogens is 1. The average molecular weight is 248 g/mol. The Hall–Kier alpha value is -1.68. The minimum absolute atomic E-state index is 0.112. The maximum Gasteiger partial charge on any atom is 0.254 e. The van der Waals surface area contributed by atoms with Gasteiger partial charge in [-0.3, -0.25) is 4.79 Å². The summed E-state index contributed by atoms with van der Waals surface area (Å²) in [4.78, 5) is 13.8. The summed E-state index contributed by atoms with van der Waals surface area (Å²) in [6.07, 6.45) is 0. The molecule has 1 heterocycles. The molecule has 1 fully saturated rings. The van der Waals surface area contributed by atoms with Crippen LogP contribution in [0.15, 0.2) is 35.4 Å². The number of para-hydroxylation sites is 1. The summed E-state index contributed by atoms with van der Waals surface area (Å²) in [6.45, 7) is 5.62. The van der Waals surface area contributed by atoms with Crippen molar-refractivity contribution in [1.29, 1.82) is 0 Å². The van der Waals surface area contributed by atoms with Crippen LogP contribution in [0.3, 0.4) is 0 Å². The first-order chi connectivity index (χ1) is 8.65. The number of anilines is 1. The van der Waals surface area contributed by atoms with Gasteiger partial charge in [-0.2, -0.15) is 0 Å². The van der Waals surface area contributed by atoms with Crippen molar-refractivity contribution in [3.63, 3.8) is 0 Å². The number of carbonyl (C=O) groups is 1. The SMILES string of the molecule is CCN(C(=O)C(C)=C1CNC1)c1ccccc1F. The molecule has 0 spiro atoms. The number of nitrogens with zero attached hydrogens (tertiary/aromatic N) is 1. The van der Waals surface area contributed by atoms with Crippen LogP contribution in [0.4, 0.5) is 10.1 Å². The van der Waals surface area contributed by atoms with Gasteiger partial charge in [0, 0.05) is 25.2 Å². The van der Waals surface area contributed by atoms with E-state index in [1.807, 2.05) is 13.8 Å². The molecule has 96 valence electrons. The van der Waals surface area contributed by atoms with Crippen LogP contribution < -0.4 is 10.2 Å². The zero-order chi connectivity index (χ0) is 13.1. The fourth-order valence-electron chi connectivity index (χ4n) is 1.96. The number of hydrogen-bond donors (Lipinski definition) is 1. The van der Waals surface area contributed by atoms with E-state index >= 15 is 0 Å². The lowest BCUT2D eigenvalue weighted by atomic mass is 10.0. The highest BCUT2D eigenvalue weighted by molar-refractivity contribution is 6.05. The molecule has 3 nitrogen and oxygen atoms in total. The van der Waals surface area contributed by atoms with Gasteiger partial charge in [0.25, 0.3) is 5.91 Å². The van der Waals surface area contributed by atoms with E-state index in [-0.39, 0.29) is 11.7 Å². The van der Waals surface area contributed by atoms with Gasteiger partial charge < -0.3 is 10.2 Å². The largest absolute Gasteiger partial charge is 0.309 e. The standard InChI is InChI=1S/C14H17FN2O/c1-3-17(13-7-5-4-6-12(13)15)14(18)10(2)11-8-16-9-11/h4-7,16H,3,8-9H2,1-2H3. The Morgan fingerprint density at radius 1 is 1.39 bits per heavy atom. The van der Waals surface area contributed by atoms with Crippen LogP contribution in [-0.2, 0) is 4.79 Å². The van der Waals surface area contributed by atoms with E-state index in [2.05, 4.69) is 5.32 Å². The van der Waals surface area contributed by atoms with Crippen LogP contribution >= 0.6 is 0 Å². The summed E-state index contributed by atoms with van der Waals surface area (Å²) in [6, 6.07) is 6.37. The van der Waals surface area contributed by atoms with Crippen LogP contribution in [0.5, 0.6) is 0 Å². The molecule has 1 aliphatic rings. The molecule has 2 rings (SSSR count). The Labute approximate surface area is 106 Å². The van der Waals surface area contributed by atoms with Crippen molar-refractivity contribution in [2.75, 3.05) is 24.5 Å². The molecular weight excluding hydrogens is 231 g/mol. The third-order valence-electron chi connectivity index (χ3n) is 3.23. The molecule has 0 saturated carbocycles. The second kappa shape index (κ2) is 5.31. The number of rotatable bonds is 3. The van der Waals surface area contributed by atoms with E-state index in [0.29, 0.717) is 12.2 Å². The Morgan fingerprint density at radius 2 is 2.06 bits per heavy atom. The number of amides is 1. The Bertz CT molecular complexity index is 490. The van der Waals surface area contributed by atoms with Gasteiger partial charge in [0.2, 0.25) is 0 Å².